The van der Waals surface area contributed by atoms with Crippen LogP contribution in [0.15, 0.2) is 10.8 Å². The zero-order chi connectivity index (χ0) is 10.9. The molecule has 0 spiro atoms. The Morgan fingerprint density at radius 2 is 2.53 bits per heavy atom. The van der Waals surface area contributed by atoms with Crippen molar-refractivity contribution < 1.29 is 23.8 Å². The number of hydrogen-bond acceptors (Lipinski definition) is 5. The Labute approximate surface area is 85.8 Å². The van der Waals surface area contributed by atoms with Gasteiger partial charge in [-0.2, -0.15) is 0 Å². The van der Waals surface area contributed by atoms with Crippen LogP contribution in [0.4, 0.5) is 0 Å². The number of hydrogen-bond donors (Lipinski definition) is 1. The van der Waals surface area contributed by atoms with Crippen LogP contribution in [-0.4, -0.2) is 36.4 Å². The Morgan fingerprint density at radius 1 is 1.73 bits per heavy atom. The van der Waals surface area contributed by atoms with Crippen LogP contribution in [-0.2, 0) is 15.1 Å². The van der Waals surface area contributed by atoms with Gasteiger partial charge in [-0.1, -0.05) is 0 Å². The van der Waals surface area contributed by atoms with Crippen LogP contribution in [0.2, 0.25) is 0 Å². The van der Waals surface area contributed by atoms with E-state index >= 15 is 0 Å². The number of aromatic carboxylic acids is 1. The summed E-state index contributed by atoms with van der Waals surface area (Å²) in [5, 5.41) is 8.91. The maximum atomic E-state index is 10.9. The first-order valence-electron chi connectivity index (χ1n) is 4.50. The maximum absolute atomic E-state index is 10.9. The molecule has 0 aliphatic carbocycles. The third kappa shape index (κ3) is 1.51. The molecule has 0 bridgehead atoms. The van der Waals surface area contributed by atoms with Crippen molar-refractivity contribution in [1.29, 1.82) is 0 Å². The Balaban J connectivity index is 2.42. The number of carboxylic acids is 1. The normalized spacial score (nSPS) is 25.7. The van der Waals surface area contributed by atoms with Crippen LogP contribution in [0.3, 0.4) is 0 Å². The lowest BCUT2D eigenvalue weighted by Gasteiger charge is -2.22. The number of carboxylic acid groups (broad SMARTS) is 1. The molecule has 1 aliphatic heterocycles. The van der Waals surface area contributed by atoms with Crippen molar-refractivity contribution in [2.75, 3.05) is 20.3 Å². The van der Waals surface area contributed by atoms with Crippen LogP contribution in [0.5, 0.6) is 0 Å². The van der Waals surface area contributed by atoms with Crippen molar-refractivity contribution in [3.63, 3.8) is 0 Å². The minimum absolute atomic E-state index is 0.109. The van der Waals surface area contributed by atoms with Crippen molar-refractivity contribution in [2.24, 2.45) is 0 Å². The molecule has 0 amide bonds. The zero-order valence-corrected chi connectivity index (χ0v) is 8.23. The average Bonchev–Trinajstić information content (AvgIpc) is 2.87. The number of aromatic nitrogens is 1. The van der Waals surface area contributed by atoms with Gasteiger partial charge in [-0.25, -0.2) is 9.78 Å². The third-order valence-corrected chi connectivity index (χ3v) is 2.56. The number of rotatable bonds is 3. The summed E-state index contributed by atoms with van der Waals surface area (Å²) >= 11 is 0. The van der Waals surface area contributed by atoms with E-state index in [2.05, 4.69) is 4.98 Å². The molecule has 1 aromatic heterocycles. The van der Waals surface area contributed by atoms with Gasteiger partial charge in [-0.15, -0.1) is 0 Å². The number of nitrogens with zero attached hydrogens (tertiary/aromatic N) is 1. The molecule has 6 nitrogen and oxygen atoms in total. The van der Waals surface area contributed by atoms with Gasteiger partial charge in [0, 0.05) is 13.5 Å². The monoisotopic (exact) mass is 213 g/mol. The van der Waals surface area contributed by atoms with E-state index in [1.54, 1.807) is 0 Å². The molecule has 1 unspecified atom stereocenters. The molecule has 1 fully saturated rings. The summed E-state index contributed by atoms with van der Waals surface area (Å²) in [6.07, 6.45) is 1.68. The van der Waals surface area contributed by atoms with Crippen LogP contribution in [0.1, 0.15) is 22.7 Å². The highest BCUT2D eigenvalue weighted by molar-refractivity contribution is 5.86. The van der Waals surface area contributed by atoms with E-state index in [4.69, 9.17) is 19.0 Å². The van der Waals surface area contributed by atoms with Crippen molar-refractivity contribution in [1.82, 2.24) is 4.98 Å². The SMILES string of the molecule is COC1(c2ocnc2C(=O)O)CCOC1. The highest BCUT2D eigenvalue weighted by atomic mass is 16.6. The molecule has 1 aromatic rings. The van der Waals surface area contributed by atoms with Crippen molar-refractivity contribution in [3.8, 4) is 0 Å². The summed E-state index contributed by atoms with van der Waals surface area (Å²) in [6.45, 7) is 0.812. The Kier molecular flexibility index (Phi) is 2.45. The van der Waals surface area contributed by atoms with Gasteiger partial charge < -0.3 is 19.0 Å². The third-order valence-electron chi connectivity index (χ3n) is 2.56. The fourth-order valence-corrected chi connectivity index (χ4v) is 1.70. The molecule has 1 saturated heterocycles. The van der Waals surface area contributed by atoms with E-state index in [1.807, 2.05) is 0 Å². The second-order valence-corrected chi connectivity index (χ2v) is 3.34. The summed E-state index contributed by atoms with van der Waals surface area (Å²) in [7, 11) is 1.50. The van der Waals surface area contributed by atoms with Crippen molar-refractivity contribution >= 4 is 5.97 Å². The fraction of sp³-hybridized carbons (Fsp3) is 0.556. The van der Waals surface area contributed by atoms with E-state index < -0.39 is 11.6 Å². The van der Waals surface area contributed by atoms with E-state index in [9.17, 15) is 4.79 Å². The summed E-state index contributed by atoms with van der Waals surface area (Å²) in [5.41, 5.74) is -0.910. The Morgan fingerprint density at radius 3 is 3.07 bits per heavy atom. The molecule has 2 heterocycles. The summed E-state index contributed by atoms with van der Waals surface area (Å²) in [6, 6.07) is 0. The number of carbonyl (C=O) groups is 1. The van der Waals surface area contributed by atoms with Gasteiger partial charge in [0.25, 0.3) is 0 Å². The number of ether oxygens (including phenoxy) is 2. The van der Waals surface area contributed by atoms with Crippen molar-refractivity contribution in [3.05, 3.63) is 17.8 Å². The second kappa shape index (κ2) is 3.63. The van der Waals surface area contributed by atoms with Gasteiger partial charge in [0.05, 0.1) is 13.2 Å². The molecule has 2 rings (SSSR count). The summed E-state index contributed by atoms with van der Waals surface area (Å²) in [5.74, 6) is -0.892. The Bertz CT molecular complexity index is 366. The molecule has 1 atom stereocenters. The topological polar surface area (TPSA) is 81.8 Å². The number of methoxy groups -OCH3 is 1. The van der Waals surface area contributed by atoms with Gasteiger partial charge in [0.15, 0.2) is 23.4 Å². The van der Waals surface area contributed by atoms with E-state index in [-0.39, 0.29) is 11.5 Å². The quantitative estimate of drug-likeness (QED) is 0.793. The first-order chi connectivity index (χ1) is 7.19. The maximum Gasteiger partial charge on any atom is 0.358 e. The minimum atomic E-state index is -1.12. The van der Waals surface area contributed by atoms with Gasteiger partial charge in [0.1, 0.15) is 0 Å². The largest absolute Gasteiger partial charge is 0.476 e. The second-order valence-electron chi connectivity index (χ2n) is 3.34. The minimum Gasteiger partial charge on any atom is -0.476 e. The molecule has 0 saturated carbocycles. The summed E-state index contributed by atoms with van der Waals surface area (Å²) < 4.78 is 15.6. The first-order valence-corrected chi connectivity index (χ1v) is 4.50. The van der Waals surface area contributed by atoms with E-state index in [0.29, 0.717) is 19.6 Å². The lowest BCUT2D eigenvalue weighted by atomic mass is 9.98. The average molecular weight is 213 g/mol. The van der Waals surface area contributed by atoms with Gasteiger partial charge >= 0.3 is 5.97 Å². The Hall–Kier alpha value is -1.40. The lowest BCUT2D eigenvalue weighted by Crippen LogP contribution is -2.30. The van der Waals surface area contributed by atoms with Gasteiger partial charge in [-0.05, 0) is 0 Å². The molecule has 82 valence electrons. The summed E-state index contributed by atoms with van der Waals surface area (Å²) in [4.78, 5) is 14.5. The lowest BCUT2D eigenvalue weighted by molar-refractivity contribution is -0.0378. The molecular weight excluding hydrogens is 202 g/mol. The molecular formula is C9H11NO5. The van der Waals surface area contributed by atoms with Gasteiger partial charge in [0.2, 0.25) is 0 Å². The first kappa shape index (κ1) is 10.1. The fourth-order valence-electron chi connectivity index (χ4n) is 1.70. The van der Waals surface area contributed by atoms with Gasteiger partial charge in [-0.3, -0.25) is 0 Å². The standard InChI is InChI=1S/C9H11NO5/c1-13-9(2-3-14-4-9)7-6(8(11)12)10-5-15-7/h5H,2-4H2,1H3,(H,11,12). The molecule has 6 heteroatoms. The highest BCUT2D eigenvalue weighted by Crippen LogP contribution is 2.35. The molecule has 15 heavy (non-hydrogen) atoms. The molecule has 1 aliphatic rings. The molecule has 0 aromatic carbocycles. The predicted molar refractivity (Wildman–Crippen MR) is 47.6 cm³/mol. The van der Waals surface area contributed by atoms with Crippen LogP contribution >= 0.6 is 0 Å². The smallest absolute Gasteiger partial charge is 0.358 e. The number of oxazole rings is 1. The predicted octanol–water partition coefficient (Wildman–Crippen LogP) is 0.635. The van der Waals surface area contributed by atoms with Crippen LogP contribution < -0.4 is 0 Å². The van der Waals surface area contributed by atoms with Crippen LogP contribution in [0, 0.1) is 0 Å². The molecule has 0 radical (unpaired) electrons. The van der Waals surface area contributed by atoms with E-state index in [1.165, 1.54) is 7.11 Å². The highest BCUT2D eigenvalue weighted by Gasteiger charge is 2.43. The van der Waals surface area contributed by atoms with Crippen molar-refractivity contribution in [2.45, 2.75) is 12.0 Å². The zero-order valence-electron chi connectivity index (χ0n) is 8.23. The van der Waals surface area contributed by atoms with Crippen LogP contribution in [0.25, 0.3) is 0 Å². The molecule has 1 N–H and O–H groups in total. The van der Waals surface area contributed by atoms with E-state index in [0.717, 1.165) is 6.39 Å².